The van der Waals surface area contributed by atoms with Crippen LogP contribution >= 0.6 is 0 Å². The van der Waals surface area contributed by atoms with E-state index in [1.807, 2.05) is 0 Å². The van der Waals surface area contributed by atoms with E-state index in [0.717, 1.165) is 11.8 Å². The maximum atomic E-state index is 13.7. The van der Waals surface area contributed by atoms with Crippen molar-refractivity contribution in [3.05, 3.63) is 47.3 Å². The van der Waals surface area contributed by atoms with Crippen LogP contribution in [0, 0.1) is 12.3 Å². The number of halogens is 3. The fourth-order valence-electron chi connectivity index (χ4n) is 2.97. The highest BCUT2D eigenvalue weighted by atomic mass is 19.4. The lowest BCUT2D eigenvalue weighted by Crippen LogP contribution is -2.42. The molecule has 0 saturated heterocycles. The highest BCUT2D eigenvalue weighted by Gasteiger charge is 2.41. The van der Waals surface area contributed by atoms with Crippen molar-refractivity contribution in [2.45, 2.75) is 39.8 Å². The molecule has 0 spiro atoms. The van der Waals surface area contributed by atoms with Crippen LogP contribution in [0.1, 0.15) is 48.3 Å². The van der Waals surface area contributed by atoms with E-state index in [2.05, 4.69) is 10.4 Å². The topological polar surface area (TPSA) is 84.2 Å². The third-order valence-electron chi connectivity index (χ3n) is 4.92. The molecule has 6 nitrogen and oxygen atoms in total. The summed E-state index contributed by atoms with van der Waals surface area (Å²) in [7, 11) is 0. The molecular weight excluding hydrogens is 375 g/mol. The number of carbonyl (C=O) groups is 2. The summed E-state index contributed by atoms with van der Waals surface area (Å²) in [5.41, 5.74) is -2.18. The van der Waals surface area contributed by atoms with Crippen LogP contribution in [0.3, 0.4) is 0 Å². The monoisotopic (exact) mass is 397 g/mol. The molecule has 0 saturated carbocycles. The van der Waals surface area contributed by atoms with Gasteiger partial charge < -0.3 is 10.4 Å². The molecule has 1 aromatic carbocycles. The molecule has 2 aromatic rings. The van der Waals surface area contributed by atoms with Crippen molar-refractivity contribution in [1.82, 2.24) is 15.1 Å². The first-order valence-electron chi connectivity index (χ1n) is 8.79. The minimum Gasteiger partial charge on any atom is -0.481 e. The molecule has 28 heavy (non-hydrogen) atoms. The van der Waals surface area contributed by atoms with Gasteiger partial charge in [0.1, 0.15) is 0 Å². The molecule has 0 aliphatic carbocycles. The Labute approximate surface area is 160 Å². The number of aromatic nitrogens is 2. The number of aryl methyl sites for hydroxylation is 1. The minimum absolute atomic E-state index is 0.174. The Hall–Kier alpha value is -2.84. The normalized spacial score (nSPS) is 12.1. The molecule has 1 heterocycles. The molecule has 9 heteroatoms. The van der Waals surface area contributed by atoms with Gasteiger partial charge in [0.25, 0.3) is 5.91 Å². The molecule has 0 fully saturated rings. The third-order valence-corrected chi connectivity index (χ3v) is 4.92. The van der Waals surface area contributed by atoms with E-state index in [4.69, 9.17) is 0 Å². The fourth-order valence-corrected chi connectivity index (χ4v) is 2.97. The zero-order valence-corrected chi connectivity index (χ0v) is 15.8. The largest absolute Gasteiger partial charge is 0.481 e. The summed E-state index contributed by atoms with van der Waals surface area (Å²) in [5.74, 6) is -2.12. The summed E-state index contributed by atoms with van der Waals surface area (Å²) in [6.07, 6.45) is -3.52. The molecule has 0 radical (unpaired) electrons. The van der Waals surface area contributed by atoms with Crippen molar-refractivity contribution in [3.63, 3.8) is 0 Å². The van der Waals surface area contributed by atoms with Crippen LogP contribution in [0.2, 0.25) is 0 Å². The van der Waals surface area contributed by atoms with Crippen molar-refractivity contribution in [2.75, 3.05) is 6.54 Å². The van der Waals surface area contributed by atoms with Crippen LogP contribution in [0.5, 0.6) is 0 Å². The second-order valence-corrected chi connectivity index (χ2v) is 6.63. The van der Waals surface area contributed by atoms with Crippen LogP contribution in [0.25, 0.3) is 5.69 Å². The summed E-state index contributed by atoms with van der Waals surface area (Å²) in [4.78, 5) is 24.0. The summed E-state index contributed by atoms with van der Waals surface area (Å²) in [5, 5.41) is 15.5. The zero-order valence-electron chi connectivity index (χ0n) is 15.8. The van der Waals surface area contributed by atoms with Crippen LogP contribution in [0.15, 0.2) is 30.5 Å². The van der Waals surface area contributed by atoms with Crippen LogP contribution in [-0.4, -0.2) is 33.3 Å². The maximum absolute atomic E-state index is 13.7. The third kappa shape index (κ3) is 4.18. The number of aliphatic carboxylic acids is 1. The molecule has 0 bridgehead atoms. The van der Waals surface area contributed by atoms with Crippen molar-refractivity contribution < 1.29 is 27.9 Å². The summed E-state index contributed by atoms with van der Waals surface area (Å²) >= 11 is 0. The average molecular weight is 397 g/mol. The molecule has 1 aromatic heterocycles. The first kappa shape index (κ1) is 21.5. The lowest BCUT2D eigenvalue weighted by Gasteiger charge is -2.26. The van der Waals surface area contributed by atoms with Gasteiger partial charge in [-0.3, -0.25) is 9.59 Å². The smallest absolute Gasteiger partial charge is 0.434 e. The van der Waals surface area contributed by atoms with Gasteiger partial charge in [0.2, 0.25) is 0 Å². The van der Waals surface area contributed by atoms with E-state index in [1.54, 1.807) is 32.9 Å². The molecule has 0 aliphatic rings. The van der Waals surface area contributed by atoms with Gasteiger partial charge in [0.05, 0.1) is 22.9 Å². The highest BCUT2D eigenvalue weighted by Crippen LogP contribution is 2.34. The number of rotatable bonds is 7. The standard InChI is InChI=1S/C19H22F3N3O3/c1-4-18(5-2,17(27)28)11-23-16(26)14-10-24-25(15(14)19(20,21)22)13-8-6-7-12(3)9-13/h6-10H,4-5,11H2,1-3H3,(H,23,26)(H,27,28). The number of hydrogen-bond donors (Lipinski definition) is 2. The van der Waals surface area contributed by atoms with Gasteiger partial charge in [-0.05, 0) is 37.5 Å². The fraction of sp³-hybridized carbons (Fsp3) is 0.421. The van der Waals surface area contributed by atoms with E-state index in [1.165, 1.54) is 12.1 Å². The molecule has 152 valence electrons. The second-order valence-electron chi connectivity index (χ2n) is 6.63. The second kappa shape index (κ2) is 8.04. The first-order valence-corrected chi connectivity index (χ1v) is 8.79. The molecule has 0 aliphatic heterocycles. The van der Waals surface area contributed by atoms with Crippen molar-refractivity contribution >= 4 is 11.9 Å². The lowest BCUT2D eigenvalue weighted by atomic mass is 9.82. The maximum Gasteiger partial charge on any atom is 0.434 e. The number of carboxylic acid groups (broad SMARTS) is 1. The van der Waals surface area contributed by atoms with E-state index < -0.39 is 34.7 Å². The van der Waals surface area contributed by atoms with Gasteiger partial charge in [-0.1, -0.05) is 26.0 Å². The Morgan fingerprint density at radius 1 is 1.21 bits per heavy atom. The summed E-state index contributed by atoms with van der Waals surface area (Å²) in [6, 6.07) is 6.30. The lowest BCUT2D eigenvalue weighted by molar-refractivity contribution is -0.149. The Bertz CT molecular complexity index is 871. The van der Waals surface area contributed by atoms with Crippen molar-refractivity contribution in [2.24, 2.45) is 5.41 Å². The number of hydrogen-bond acceptors (Lipinski definition) is 3. The summed E-state index contributed by atoms with van der Waals surface area (Å²) in [6.45, 7) is 4.76. The average Bonchev–Trinajstić information content (AvgIpc) is 3.08. The van der Waals surface area contributed by atoms with Gasteiger partial charge in [-0.15, -0.1) is 0 Å². The number of nitrogens with zero attached hydrogens (tertiary/aromatic N) is 2. The van der Waals surface area contributed by atoms with Gasteiger partial charge >= 0.3 is 12.1 Å². The number of alkyl halides is 3. The van der Waals surface area contributed by atoms with Crippen molar-refractivity contribution in [3.8, 4) is 5.69 Å². The van der Waals surface area contributed by atoms with E-state index in [9.17, 15) is 27.9 Å². The van der Waals surface area contributed by atoms with E-state index >= 15 is 0 Å². The predicted molar refractivity (Wildman–Crippen MR) is 96.3 cm³/mol. The Morgan fingerprint density at radius 3 is 2.36 bits per heavy atom. The highest BCUT2D eigenvalue weighted by molar-refractivity contribution is 5.95. The number of carboxylic acids is 1. The zero-order chi connectivity index (χ0) is 21.1. The van der Waals surface area contributed by atoms with Crippen LogP contribution in [0.4, 0.5) is 13.2 Å². The number of carbonyl (C=O) groups excluding carboxylic acids is 1. The molecule has 2 rings (SSSR count). The number of benzene rings is 1. The van der Waals surface area contributed by atoms with E-state index in [0.29, 0.717) is 4.68 Å². The van der Waals surface area contributed by atoms with E-state index in [-0.39, 0.29) is 25.1 Å². The Balaban J connectivity index is 2.41. The minimum atomic E-state index is -4.83. The predicted octanol–water partition coefficient (Wildman–Crippen LogP) is 3.82. The Kier molecular flexibility index (Phi) is 6.16. The van der Waals surface area contributed by atoms with Gasteiger partial charge in [0.15, 0.2) is 5.69 Å². The number of nitrogens with one attached hydrogen (secondary N) is 1. The molecule has 2 N–H and O–H groups in total. The molecule has 0 atom stereocenters. The van der Waals surface area contributed by atoms with Gasteiger partial charge in [0, 0.05) is 6.54 Å². The number of amides is 1. The van der Waals surface area contributed by atoms with Crippen molar-refractivity contribution in [1.29, 1.82) is 0 Å². The quantitative estimate of drug-likeness (QED) is 0.744. The summed E-state index contributed by atoms with van der Waals surface area (Å²) < 4.78 is 41.7. The van der Waals surface area contributed by atoms with Crippen LogP contribution in [-0.2, 0) is 11.0 Å². The SMILES string of the molecule is CCC(CC)(CNC(=O)c1cnn(-c2cccc(C)c2)c1C(F)(F)F)C(=O)O. The molecule has 1 amide bonds. The first-order chi connectivity index (χ1) is 13.1. The molecular formula is C19H22F3N3O3. The van der Waals surface area contributed by atoms with Crippen LogP contribution < -0.4 is 5.32 Å². The molecule has 0 unspecified atom stereocenters. The van der Waals surface area contributed by atoms with Gasteiger partial charge in [-0.25, -0.2) is 4.68 Å². The van der Waals surface area contributed by atoms with Gasteiger partial charge in [-0.2, -0.15) is 18.3 Å². The Morgan fingerprint density at radius 2 is 1.86 bits per heavy atom.